The second-order valence-electron chi connectivity index (χ2n) is 5.05. The molecule has 0 radical (unpaired) electrons. The summed E-state index contributed by atoms with van der Waals surface area (Å²) >= 11 is 0. The molecule has 3 nitrogen and oxygen atoms in total. The van der Waals surface area contributed by atoms with Gasteiger partial charge in [0.1, 0.15) is 5.82 Å². The van der Waals surface area contributed by atoms with Crippen molar-refractivity contribution in [3.8, 4) is 0 Å². The molecular weight excluding hydrogens is 236 g/mol. The molecule has 2 rings (SSSR count). The number of hydrogen-bond acceptors (Lipinski definition) is 2. The predicted molar refractivity (Wildman–Crippen MR) is 77.0 cm³/mol. The predicted octanol–water partition coefficient (Wildman–Crippen LogP) is 2.83. The van der Waals surface area contributed by atoms with Crippen LogP contribution in [0.1, 0.15) is 31.7 Å². The SMILES string of the molecule is CCn1ccnc1CC(O)(CC)Cc1ccccc1. The Morgan fingerprint density at radius 3 is 2.53 bits per heavy atom. The summed E-state index contributed by atoms with van der Waals surface area (Å²) in [5.41, 5.74) is 0.445. The fraction of sp³-hybridized carbons (Fsp3) is 0.438. The minimum atomic E-state index is -0.723. The molecular formula is C16H22N2O. The van der Waals surface area contributed by atoms with E-state index in [1.165, 1.54) is 5.56 Å². The van der Waals surface area contributed by atoms with Crippen molar-refractivity contribution in [1.29, 1.82) is 0 Å². The van der Waals surface area contributed by atoms with Gasteiger partial charge in [0.15, 0.2) is 0 Å². The smallest absolute Gasteiger partial charge is 0.111 e. The summed E-state index contributed by atoms with van der Waals surface area (Å²) in [5.74, 6) is 0.961. The van der Waals surface area contributed by atoms with Crippen LogP contribution in [0.25, 0.3) is 0 Å². The lowest BCUT2D eigenvalue weighted by molar-refractivity contribution is 0.0341. The molecule has 0 aliphatic rings. The van der Waals surface area contributed by atoms with Gasteiger partial charge in [-0.05, 0) is 18.9 Å². The minimum Gasteiger partial charge on any atom is -0.389 e. The van der Waals surface area contributed by atoms with E-state index < -0.39 is 5.60 Å². The Bertz CT molecular complexity index is 506. The van der Waals surface area contributed by atoms with Gasteiger partial charge >= 0.3 is 0 Å². The monoisotopic (exact) mass is 258 g/mol. The van der Waals surface area contributed by atoms with E-state index in [1.807, 2.05) is 31.3 Å². The van der Waals surface area contributed by atoms with E-state index in [0.29, 0.717) is 12.8 Å². The maximum Gasteiger partial charge on any atom is 0.111 e. The summed E-state index contributed by atoms with van der Waals surface area (Å²) in [5, 5.41) is 10.8. The molecule has 102 valence electrons. The number of nitrogens with zero attached hydrogens (tertiary/aromatic N) is 2. The molecule has 1 aromatic heterocycles. The van der Waals surface area contributed by atoms with Crippen LogP contribution >= 0.6 is 0 Å². The van der Waals surface area contributed by atoms with Gasteiger partial charge in [0.05, 0.1) is 5.60 Å². The highest BCUT2D eigenvalue weighted by atomic mass is 16.3. The van der Waals surface area contributed by atoms with Crippen molar-refractivity contribution in [3.05, 3.63) is 54.1 Å². The molecule has 0 amide bonds. The quantitative estimate of drug-likeness (QED) is 0.865. The standard InChI is InChI=1S/C16H22N2O/c1-3-16(19,12-14-8-6-5-7-9-14)13-15-17-10-11-18(15)4-2/h5-11,19H,3-4,12-13H2,1-2H3. The number of imidazole rings is 1. The van der Waals surface area contributed by atoms with Crippen molar-refractivity contribution in [2.45, 2.75) is 45.3 Å². The van der Waals surface area contributed by atoms with Gasteiger partial charge in [-0.1, -0.05) is 37.3 Å². The summed E-state index contributed by atoms with van der Waals surface area (Å²) < 4.78 is 2.09. The van der Waals surface area contributed by atoms with E-state index >= 15 is 0 Å². The van der Waals surface area contributed by atoms with E-state index in [4.69, 9.17) is 0 Å². The summed E-state index contributed by atoms with van der Waals surface area (Å²) in [7, 11) is 0. The van der Waals surface area contributed by atoms with Crippen molar-refractivity contribution in [2.75, 3.05) is 0 Å². The molecule has 19 heavy (non-hydrogen) atoms. The Hall–Kier alpha value is -1.61. The van der Waals surface area contributed by atoms with Gasteiger partial charge in [0.25, 0.3) is 0 Å². The molecule has 0 saturated heterocycles. The van der Waals surface area contributed by atoms with Crippen LogP contribution in [0.4, 0.5) is 0 Å². The van der Waals surface area contributed by atoms with Gasteiger partial charge in [0.2, 0.25) is 0 Å². The third-order valence-electron chi connectivity index (χ3n) is 3.66. The molecule has 0 aliphatic heterocycles. The molecule has 1 heterocycles. The highest BCUT2D eigenvalue weighted by Crippen LogP contribution is 2.22. The minimum absolute atomic E-state index is 0.596. The Balaban J connectivity index is 2.14. The third kappa shape index (κ3) is 3.44. The zero-order valence-electron chi connectivity index (χ0n) is 11.7. The number of benzene rings is 1. The first-order valence-electron chi connectivity index (χ1n) is 6.93. The van der Waals surface area contributed by atoms with Gasteiger partial charge in [-0.2, -0.15) is 0 Å². The zero-order chi connectivity index (χ0) is 13.7. The lowest BCUT2D eigenvalue weighted by Crippen LogP contribution is -2.34. The topological polar surface area (TPSA) is 38.0 Å². The fourth-order valence-electron chi connectivity index (χ4n) is 2.38. The van der Waals surface area contributed by atoms with E-state index in [9.17, 15) is 5.11 Å². The van der Waals surface area contributed by atoms with Crippen LogP contribution in [0.3, 0.4) is 0 Å². The third-order valence-corrected chi connectivity index (χ3v) is 3.66. The summed E-state index contributed by atoms with van der Waals surface area (Å²) in [6.07, 6.45) is 5.75. The highest BCUT2D eigenvalue weighted by molar-refractivity contribution is 5.17. The van der Waals surface area contributed by atoms with Crippen LogP contribution in [0.15, 0.2) is 42.7 Å². The first-order chi connectivity index (χ1) is 9.17. The van der Waals surface area contributed by atoms with Crippen LogP contribution in [0, 0.1) is 0 Å². The largest absolute Gasteiger partial charge is 0.389 e. The Morgan fingerprint density at radius 2 is 1.89 bits per heavy atom. The van der Waals surface area contributed by atoms with Crippen LogP contribution in [0.5, 0.6) is 0 Å². The van der Waals surface area contributed by atoms with Crippen molar-refractivity contribution in [3.63, 3.8) is 0 Å². The lowest BCUT2D eigenvalue weighted by Gasteiger charge is -2.27. The normalized spacial score (nSPS) is 14.3. The van der Waals surface area contributed by atoms with Crippen LogP contribution < -0.4 is 0 Å². The average molecular weight is 258 g/mol. The zero-order valence-corrected chi connectivity index (χ0v) is 11.7. The van der Waals surface area contributed by atoms with Crippen molar-refractivity contribution in [1.82, 2.24) is 9.55 Å². The summed E-state index contributed by atoms with van der Waals surface area (Å²) in [4.78, 5) is 4.36. The van der Waals surface area contributed by atoms with Gasteiger partial charge in [0, 0.05) is 31.8 Å². The van der Waals surface area contributed by atoms with Gasteiger partial charge < -0.3 is 9.67 Å². The van der Waals surface area contributed by atoms with Crippen molar-refractivity contribution in [2.24, 2.45) is 0 Å². The molecule has 0 bridgehead atoms. The molecule has 0 spiro atoms. The molecule has 0 fully saturated rings. The molecule has 0 saturated carbocycles. The maximum absolute atomic E-state index is 10.8. The number of rotatable bonds is 6. The molecule has 1 unspecified atom stereocenters. The fourth-order valence-corrected chi connectivity index (χ4v) is 2.38. The lowest BCUT2D eigenvalue weighted by atomic mass is 9.88. The number of aryl methyl sites for hydroxylation is 1. The van der Waals surface area contributed by atoms with Crippen LogP contribution in [-0.2, 0) is 19.4 Å². The molecule has 3 heteroatoms. The first kappa shape index (κ1) is 13.8. The molecule has 1 atom stereocenters. The van der Waals surface area contributed by atoms with E-state index in [2.05, 4.69) is 28.6 Å². The van der Waals surface area contributed by atoms with E-state index in [-0.39, 0.29) is 0 Å². The maximum atomic E-state index is 10.8. The van der Waals surface area contributed by atoms with E-state index in [1.54, 1.807) is 6.20 Å². The molecule has 1 aromatic carbocycles. The number of aromatic nitrogens is 2. The Kier molecular flexibility index (Phi) is 4.38. The number of aliphatic hydroxyl groups is 1. The van der Waals surface area contributed by atoms with Gasteiger partial charge in [-0.3, -0.25) is 0 Å². The summed E-state index contributed by atoms with van der Waals surface area (Å²) in [6.45, 7) is 5.01. The first-order valence-corrected chi connectivity index (χ1v) is 6.93. The van der Waals surface area contributed by atoms with Gasteiger partial charge in [-0.15, -0.1) is 0 Å². The van der Waals surface area contributed by atoms with E-state index in [0.717, 1.165) is 18.8 Å². The van der Waals surface area contributed by atoms with Crippen molar-refractivity contribution >= 4 is 0 Å². The summed E-state index contributed by atoms with van der Waals surface area (Å²) in [6, 6.07) is 10.1. The molecule has 2 aromatic rings. The van der Waals surface area contributed by atoms with Crippen LogP contribution in [-0.4, -0.2) is 20.3 Å². The second-order valence-corrected chi connectivity index (χ2v) is 5.05. The second kappa shape index (κ2) is 6.02. The van der Waals surface area contributed by atoms with Gasteiger partial charge in [-0.25, -0.2) is 4.98 Å². The highest BCUT2D eigenvalue weighted by Gasteiger charge is 2.27. The Labute approximate surface area is 114 Å². The Morgan fingerprint density at radius 1 is 1.16 bits per heavy atom. The number of hydrogen-bond donors (Lipinski definition) is 1. The average Bonchev–Trinajstić information content (AvgIpc) is 2.86. The van der Waals surface area contributed by atoms with Crippen molar-refractivity contribution < 1.29 is 5.11 Å². The van der Waals surface area contributed by atoms with Crippen LogP contribution in [0.2, 0.25) is 0 Å². The molecule has 0 aliphatic carbocycles. The molecule has 1 N–H and O–H groups in total.